The molecule has 0 saturated carbocycles. The van der Waals surface area contributed by atoms with Crippen molar-refractivity contribution in [2.45, 2.75) is 25.1 Å². The molecule has 2 heterocycles. The molecule has 3 nitrogen and oxygen atoms in total. The van der Waals surface area contributed by atoms with Crippen LogP contribution in [-0.4, -0.2) is 26.9 Å². The van der Waals surface area contributed by atoms with Gasteiger partial charge in [0.1, 0.15) is 0 Å². The summed E-state index contributed by atoms with van der Waals surface area (Å²) in [6.07, 6.45) is -4.06. The molecule has 0 amide bonds. The van der Waals surface area contributed by atoms with E-state index in [1.54, 1.807) is 6.07 Å². The largest absolute Gasteiger partial charge is 0.453 e. The van der Waals surface area contributed by atoms with E-state index in [2.05, 4.69) is 10.1 Å². The van der Waals surface area contributed by atoms with Gasteiger partial charge in [0.25, 0.3) is 0 Å². The molecule has 104 valence electrons. The summed E-state index contributed by atoms with van der Waals surface area (Å²) in [6.45, 7) is -0.552. The molecule has 0 aliphatic carbocycles. The normalized spacial score (nSPS) is 13.2. The monoisotopic (exact) mass is 391 g/mol. The summed E-state index contributed by atoms with van der Waals surface area (Å²) in [7, 11) is 0. The third kappa shape index (κ3) is 2.79. The first kappa shape index (κ1) is 14.4. The van der Waals surface area contributed by atoms with Gasteiger partial charge in [-0.25, -0.2) is 9.67 Å². The number of alkyl halides is 5. The zero-order chi connectivity index (χ0) is 14.3. The lowest BCUT2D eigenvalue weighted by atomic mass is 10.2. The molecule has 0 aliphatic rings. The van der Waals surface area contributed by atoms with Crippen LogP contribution in [0.25, 0.3) is 11.0 Å². The molecular weight excluding hydrogens is 384 g/mol. The van der Waals surface area contributed by atoms with E-state index in [0.29, 0.717) is 11.0 Å². The Bertz CT molecular complexity index is 592. The highest BCUT2D eigenvalue weighted by atomic mass is 127. The maximum Gasteiger partial charge on any atom is 0.453 e. The van der Waals surface area contributed by atoms with Crippen LogP contribution in [0.3, 0.4) is 0 Å². The molecule has 0 unspecified atom stereocenters. The average molecular weight is 391 g/mol. The number of halogens is 6. The summed E-state index contributed by atoms with van der Waals surface area (Å²) in [5.41, 5.74) is 0.296. The molecule has 0 aliphatic heterocycles. The van der Waals surface area contributed by atoms with E-state index >= 15 is 0 Å². The molecule has 2 aromatic rings. The Morgan fingerprint density at radius 1 is 1.21 bits per heavy atom. The maximum absolute atomic E-state index is 12.8. The molecule has 0 bridgehead atoms. The summed E-state index contributed by atoms with van der Waals surface area (Å²) >= 11 is 2.01. The second-order valence-electron chi connectivity index (χ2n) is 3.85. The fourth-order valence-electron chi connectivity index (χ4n) is 1.50. The van der Waals surface area contributed by atoms with Gasteiger partial charge < -0.3 is 0 Å². The van der Waals surface area contributed by atoms with E-state index in [9.17, 15) is 22.0 Å². The number of aryl methyl sites for hydroxylation is 1. The number of nitrogens with zero attached hydrogens (tertiary/aromatic N) is 3. The van der Waals surface area contributed by atoms with Crippen molar-refractivity contribution >= 4 is 33.6 Å². The Morgan fingerprint density at radius 3 is 2.53 bits per heavy atom. The van der Waals surface area contributed by atoms with Crippen LogP contribution in [-0.2, 0) is 6.54 Å². The molecule has 0 spiro atoms. The first-order valence-electron chi connectivity index (χ1n) is 5.13. The van der Waals surface area contributed by atoms with E-state index in [0.717, 1.165) is 8.25 Å². The van der Waals surface area contributed by atoms with Crippen molar-refractivity contribution in [3.05, 3.63) is 22.0 Å². The molecule has 0 fully saturated rings. The van der Waals surface area contributed by atoms with Crippen molar-refractivity contribution < 1.29 is 22.0 Å². The third-order valence-corrected chi connectivity index (χ3v) is 3.48. The predicted octanol–water partition coefficient (Wildman–Crippen LogP) is 3.62. The van der Waals surface area contributed by atoms with Crippen molar-refractivity contribution in [1.29, 1.82) is 0 Å². The highest BCUT2D eigenvalue weighted by molar-refractivity contribution is 14.1. The van der Waals surface area contributed by atoms with Crippen LogP contribution in [0.15, 0.2) is 18.5 Å². The fraction of sp³-hybridized carbons (Fsp3) is 0.400. The smallest absolute Gasteiger partial charge is 0.247 e. The van der Waals surface area contributed by atoms with Crippen LogP contribution in [0.1, 0.15) is 6.42 Å². The second kappa shape index (κ2) is 4.84. The Morgan fingerprint density at radius 2 is 1.89 bits per heavy atom. The average Bonchev–Trinajstić information content (AvgIpc) is 2.70. The van der Waals surface area contributed by atoms with Gasteiger partial charge in [-0.1, -0.05) is 0 Å². The van der Waals surface area contributed by atoms with Crippen LogP contribution in [0, 0.1) is 3.57 Å². The van der Waals surface area contributed by atoms with E-state index < -0.39 is 25.1 Å². The molecular formula is C10H7F5IN3. The number of aromatic nitrogens is 3. The lowest BCUT2D eigenvalue weighted by Gasteiger charge is -2.19. The fourth-order valence-corrected chi connectivity index (χ4v) is 2.04. The van der Waals surface area contributed by atoms with Gasteiger partial charge in [0.15, 0.2) is 5.65 Å². The van der Waals surface area contributed by atoms with Gasteiger partial charge >= 0.3 is 12.1 Å². The Hall–Kier alpha value is -1.00. The van der Waals surface area contributed by atoms with Crippen LogP contribution < -0.4 is 0 Å². The SMILES string of the molecule is FC(F)(F)C(F)(F)CCn1ncc2c(I)ccnc21. The number of hydrogen-bond acceptors (Lipinski definition) is 2. The van der Waals surface area contributed by atoms with E-state index in [1.165, 1.54) is 12.4 Å². The van der Waals surface area contributed by atoms with Gasteiger partial charge in [0.2, 0.25) is 0 Å². The quantitative estimate of drug-likeness (QED) is 0.591. The van der Waals surface area contributed by atoms with Crippen molar-refractivity contribution in [3.63, 3.8) is 0 Å². The topological polar surface area (TPSA) is 30.7 Å². The lowest BCUT2D eigenvalue weighted by Crippen LogP contribution is -2.37. The van der Waals surface area contributed by atoms with Gasteiger partial charge in [-0.3, -0.25) is 0 Å². The van der Waals surface area contributed by atoms with Gasteiger partial charge in [-0.15, -0.1) is 0 Å². The molecule has 0 atom stereocenters. The van der Waals surface area contributed by atoms with E-state index in [1.807, 2.05) is 22.6 Å². The standard InChI is InChI=1S/C10H7F5IN3/c11-9(12,10(13,14)15)2-4-19-8-6(5-18-19)7(16)1-3-17-8/h1,3,5H,2,4H2. The summed E-state index contributed by atoms with van der Waals surface area (Å²) in [5, 5.41) is 4.41. The van der Waals surface area contributed by atoms with E-state index in [4.69, 9.17) is 0 Å². The molecule has 0 N–H and O–H groups in total. The molecule has 0 aromatic carbocycles. The van der Waals surface area contributed by atoms with E-state index in [-0.39, 0.29) is 0 Å². The highest BCUT2D eigenvalue weighted by Crippen LogP contribution is 2.38. The Kier molecular flexibility index (Phi) is 3.67. The minimum absolute atomic E-state index is 0.296. The van der Waals surface area contributed by atoms with Crippen LogP contribution in [0.4, 0.5) is 22.0 Å². The van der Waals surface area contributed by atoms with Crippen LogP contribution in [0.2, 0.25) is 0 Å². The third-order valence-electron chi connectivity index (χ3n) is 2.54. The van der Waals surface area contributed by atoms with Gasteiger partial charge in [0.05, 0.1) is 11.6 Å². The van der Waals surface area contributed by atoms with Gasteiger partial charge in [-0.2, -0.15) is 27.1 Å². The van der Waals surface area contributed by atoms with Crippen molar-refractivity contribution in [2.75, 3.05) is 0 Å². The van der Waals surface area contributed by atoms with Gasteiger partial charge in [0, 0.05) is 22.7 Å². The first-order chi connectivity index (χ1) is 8.72. The summed E-state index contributed by atoms with van der Waals surface area (Å²) in [4.78, 5) is 3.93. The highest BCUT2D eigenvalue weighted by Gasteiger charge is 2.56. The minimum Gasteiger partial charge on any atom is -0.247 e. The van der Waals surface area contributed by atoms with Crippen molar-refractivity contribution in [3.8, 4) is 0 Å². The van der Waals surface area contributed by atoms with Crippen molar-refractivity contribution in [1.82, 2.24) is 14.8 Å². The maximum atomic E-state index is 12.8. The molecule has 2 rings (SSSR count). The lowest BCUT2D eigenvalue weighted by molar-refractivity contribution is -0.285. The number of fused-ring (bicyclic) bond motifs is 1. The molecule has 0 saturated heterocycles. The van der Waals surface area contributed by atoms with Crippen LogP contribution >= 0.6 is 22.6 Å². The predicted molar refractivity (Wildman–Crippen MR) is 65.9 cm³/mol. The molecule has 19 heavy (non-hydrogen) atoms. The first-order valence-corrected chi connectivity index (χ1v) is 6.21. The number of hydrogen-bond donors (Lipinski definition) is 0. The van der Waals surface area contributed by atoms with Crippen molar-refractivity contribution in [2.24, 2.45) is 0 Å². The number of pyridine rings is 1. The Labute approximate surface area is 117 Å². The van der Waals surface area contributed by atoms with Gasteiger partial charge in [-0.05, 0) is 28.7 Å². The minimum atomic E-state index is -5.54. The zero-order valence-corrected chi connectivity index (χ0v) is 11.4. The summed E-state index contributed by atoms with van der Waals surface area (Å²) in [6, 6.07) is 1.69. The zero-order valence-electron chi connectivity index (χ0n) is 9.26. The Balaban J connectivity index is 2.22. The summed E-state index contributed by atoms with van der Waals surface area (Å²) in [5.74, 6) is -4.73. The molecule has 0 radical (unpaired) electrons. The molecule has 9 heteroatoms. The second-order valence-corrected chi connectivity index (χ2v) is 5.01. The molecule has 2 aromatic heterocycles. The number of rotatable bonds is 3. The summed E-state index contributed by atoms with van der Waals surface area (Å²) < 4.78 is 63.6. The van der Waals surface area contributed by atoms with Crippen LogP contribution in [0.5, 0.6) is 0 Å².